The van der Waals surface area contributed by atoms with Crippen LogP contribution in [-0.4, -0.2) is 38.5 Å². The monoisotopic (exact) mass is 325 g/mol. The van der Waals surface area contributed by atoms with Crippen molar-refractivity contribution in [3.8, 4) is 0 Å². The van der Waals surface area contributed by atoms with Gasteiger partial charge in [0.2, 0.25) is 0 Å². The maximum absolute atomic E-state index is 12.0. The van der Waals surface area contributed by atoms with Gasteiger partial charge in [-0.15, -0.1) is 0 Å². The smallest absolute Gasteiger partial charge is 0.181 e. The van der Waals surface area contributed by atoms with Crippen LogP contribution in [0, 0.1) is 0 Å². The van der Waals surface area contributed by atoms with E-state index in [-0.39, 0.29) is 22.2 Å². The minimum atomic E-state index is -3.57. The molecule has 1 unspecified atom stereocenters. The topological polar surface area (TPSA) is 66.4 Å². The number of aliphatic hydroxyl groups excluding tert-OH is 1. The third-order valence-electron chi connectivity index (χ3n) is 2.47. The zero-order valence-corrected chi connectivity index (χ0v) is 12.9. The zero-order valence-electron chi connectivity index (χ0n) is 10.6. The predicted octanol–water partition coefficient (Wildman–Crippen LogP) is 2.13. The van der Waals surface area contributed by atoms with Gasteiger partial charge in [-0.1, -0.05) is 30.1 Å². The Morgan fingerprint density at radius 3 is 2.58 bits per heavy atom. The van der Waals surface area contributed by atoms with Crippen LogP contribution in [0.15, 0.2) is 23.1 Å². The van der Waals surface area contributed by atoms with Crippen LogP contribution < -0.4 is 5.32 Å². The molecule has 4 nitrogen and oxygen atoms in total. The van der Waals surface area contributed by atoms with Gasteiger partial charge < -0.3 is 10.4 Å². The lowest BCUT2D eigenvalue weighted by Crippen LogP contribution is -2.32. The van der Waals surface area contributed by atoms with Crippen molar-refractivity contribution in [3.05, 3.63) is 28.2 Å². The number of halogens is 2. The number of sulfone groups is 1. The van der Waals surface area contributed by atoms with Gasteiger partial charge in [-0.05, 0) is 31.2 Å². The molecular weight excluding hydrogens is 309 g/mol. The van der Waals surface area contributed by atoms with Crippen LogP contribution in [0.4, 0.5) is 0 Å². The second-order valence-corrected chi connectivity index (χ2v) is 7.06. The van der Waals surface area contributed by atoms with Crippen LogP contribution >= 0.6 is 23.2 Å². The van der Waals surface area contributed by atoms with Gasteiger partial charge in [-0.25, -0.2) is 8.42 Å². The molecule has 0 spiro atoms. The van der Waals surface area contributed by atoms with E-state index in [4.69, 9.17) is 23.2 Å². The Balaban J connectivity index is 2.72. The summed E-state index contributed by atoms with van der Waals surface area (Å²) >= 11 is 11.5. The summed E-state index contributed by atoms with van der Waals surface area (Å²) in [6.45, 7) is 2.98. The first-order valence-electron chi connectivity index (χ1n) is 5.93. The molecule has 1 aromatic rings. The number of hydrogen-bond acceptors (Lipinski definition) is 4. The molecule has 0 fully saturated rings. The molecule has 0 heterocycles. The van der Waals surface area contributed by atoms with Crippen molar-refractivity contribution < 1.29 is 13.5 Å². The SMILES string of the molecule is CCCNCC(O)CS(=O)(=O)c1ccc(Cl)c(Cl)c1. The summed E-state index contributed by atoms with van der Waals surface area (Å²) in [5.41, 5.74) is 0. The first-order valence-corrected chi connectivity index (χ1v) is 8.34. The van der Waals surface area contributed by atoms with E-state index < -0.39 is 15.9 Å². The highest BCUT2D eigenvalue weighted by Gasteiger charge is 2.20. The molecule has 1 aromatic carbocycles. The van der Waals surface area contributed by atoms with E-state index in [1.54, 1.807) is 0 Å². The molecule has 0 bridgehead atoms. The fourth-order valence-electron chi connectivity index (χ4n) is 1.52. The Kier molecular flexibility index (Phi) is 6.56. The lowest BCUT2D eigenvalue weighted by molar-refractivity contribution is 0.194. The molecule has 0 aromatic heterocycles. The molecule has 0 saturated carbocycles. The molecular formula is C12H17Cl2NO3S. The summed E-state index contributed by atoms with van der Waals surface area (Å²) < 4.78 is 24.1. The van der Waals surface area contributed by atoms with Gasteiger partial charge in [0.15, 0.2) is 9.84 Å². The Bertz CT molecular complexity index is 520. The summed E-state index contributed by atoms with van der Waals surface area (Å²) in [6.07, 6.45) is -0.0299. The third kappa shape index (κ3) is 5.28. The van der Waals surface area contributed by atoms with Crippen LogP contribution in [0.1, 0.15) is 13.3 Å². The quantitative estimate of drug-likeness (QED) is 0.754. The van der Waals surface area contributed by atoms with E-state index in [0.717, 1.165) is 13.0 Å². The lowest BCUT2D eigenvalue weighted by atomic mass is 10.4. The van der Waals surface area contributed by atoms with Gasteiger partial charge in [-0.3, -0.25) is 0 Å². The molecule has 7 heteroatoms. The van der Waals surface area contributed by atoms with E-state index in [1.807, 2.05) is 6.92 Å². The predicted molar refractivity (Wildman–Crippen MR) is 77.7 cm³/mol. The van der Waals surface area contributed by atoms with Crippen LogP contribution in [0.2, 0.25) is 10.0 Å². The van der Waals surface area contributed by atoms with E-state index in [1.165, 1.54) is 18.2 Å². The van der Waals surface area contributed by atoms with Crippen LogP contribution in [-0.2, 0) is 9.84 Å². The van der Waals surface area contributed by atoms with E-state index in [2.05, 4.69) is 5.32 Å². The van der Waals surface area contributed by atoms with Crippen molar-refractivity contribution in [2.75, 3.05) is 18.8 Å². The van der Waals surface area contributed by atoms with Crippen molar-refractivity contribution in [2.24, 2.45) is 0 Å². The average molecular weight is 326 g/mol. The van der Waals surface area contributed by atoms with Crippen LogP contribution in [0.3, 0.4) is 0 Å². The molecule has 0 aliphatic heterocycles. The largest absolute Gasteiger partial charge is 0.391 e. The van der Waals surface area contributed by atoms with Gasteiger partial charge in [0.25, 0.3) is 0 Å². The summed E-state index contributed by atoms with van der Waals surface area (Å²) in [6, 6.07) is 4.11. The summed E-state index contributed by atoms with van der Waals surface area (Å²) in [7, 11) is -3.57. The van der Waals surface area contributed by atoms with Gasteiger partial charge in [0, 0.05) is 6.54 Å². The molecule has 0 amide bonds. The maximum Gasteiger partial charge on any atom is 0.181 e. The second-order valence-electron chi connectivity index (χ2n) is 4.22. The van der Waals surface area contributed by atoms with Crippen molar-refractivity contribution in [1.29, 1.82) is 0 Å². The highest BCUT2D eigenvalue weighted by Crippen LogP contribution is 2.25. The number of benzene rings is 1. The van der Waals surface area contributed by atoms with E-state index >= 15 is 0 Å². The summed E-state index contributed by atoms with van der Waals surface area (Å²) in [4.78, 5) is 0.0661. The Morgan fingerprint density at radius 1 is 1.32 bits per heavy atom. The van der Waals surface area contributed by atoms with E-state index in [0.29, 0.717) is 5.02 Å². The standard InChI is InChI=1S/C12H17Cl2NO3S/c1-2-5-15-7-9(16)8-19(17,18)10-3-4-11(13)12(14)6-10/h3-4,6,9,15-16H,2,5,7-8H2,1H3. The van der Waals surface area contributed by atoms with Gasteiger partial charge in [0.1, 0.15) is 0 Å². The number of hydrogen-bond donors (Lipinski definition) is 2. The normalized spacial score (nSPS) is 13.5. The van der Waals surface area contributed by atoms with Crippen molar-refractivity contribution >= 4 is 33.0 Å². The molecule has 1 atom stereocenters. The van der Waals surface area contributed by atoms with E-state index in [9.17, 15) is 13.5 Å². The minimum Gasteiger partial charge on any atom is -0.391 e. The first-order chi connectivity index (χ1) is 8.86. The van der Waals surface area contributed by atoms with Crippen LogP contribution in [0.25, 0.3) is 0 Å². The Labute approximate surface area is 123 Å². The molecule has 1 rings (SSSR count). The number of rotatable bonds is 7. The molecule has 0 radical (unpaired) electrons. The fourth-order valence-corrected chi connectivity index (χ4v) is 3.28. The molecule has 108 valence electrons. The lowest BCUT2D eigenvalue weighted by Gasteiger charge is -2.12. The van der Waals surface area contributed by atoms with Crippen molar-refractivity contribution in [1.82, 2.24) is 5.32 Å². The molecule has 0 aliphatic rings. The molecule has 0 aliphatic carbocycles. The fraction of sp³-hybridized carbons (Fsp3) is 0.500. The molecule has 0 saturated heterocycles. The average Bonchev–Trinajstić information content (AvgIpc) is 2.32. The summed E-state index contributed by atoms with van der Waals surface area (Å²) in [5.74, 6) is -0.346. The maximum atomic E-state index is 12.0. The number of nitrogens with one attached hydrogen (secondary N) is 1. The minimum absolute atomic E-state index is 0.0661. The Morgan fingerprint density at radius 2 is 2.00 bits per heavy atom. The number of aliphatic hydroxyl groups is 1. The first kappa shape index (κ1) is 16.7. The van der Waals surface area contributed by atoms with Crippen LogP contribution in [0.5, 0.6) is 0 Å². The van der Waals surface area contributed by atoms with Crippen molar-refractivity contribution in [3.63, 3.8) is 0 Å². The van der Waals surface area contributed by atoms with Gasteiger partial charge in [-0.2, -0.15) is 0 Å². The highest BCUT2D eigenvalue weighted by atomic mass is 35.5. The van der Waals surface area contributed by atoms with Gasteiger partial charge >= 0.3 is 0 Å². The summed E-state index contributed by atoms with van der Waals surface area (Å²) in [5, 5.41) is 13.1. The van der Waals surface area contributed by atoms with Crippen molar-refractivity contribution in [2.45, 2.75) is 24.3 Å². The second kappa shape index (κ2) is 7.45. The molecule has 2 N–H and O–H groups in total. The third-order valence-corrected chi connectivity index (χ3v) is 5.00. The molecule has 19 heavy (non-hydrogen) atoms. The highest BCUT2D eigenvalue weighted by molar-refractivity contribution is 7.91. The Hall–Kier alpha value is -0.330. The zero-order chi connectivity index (χ0) is 14.5. The van der Waals surface area contributed by atoms with Gasteiger partial charge in [0.05, 0.1) is 26.8 Å².